The van der Waals surface area contributed by atoms with Crippen LogP contribution in [0.25, 0.3) is 0 Å². The van der Waals surface area contributed by atoms with Crippen LogP contribution in [0.5, 0.6) is 5.75 Å². The van der Waals surface area contributed by atoms with Gasteiger partial charge >= 0.3 is 0 Å². The van der Waals surface area contributed by atoms with Gasteiger partial charge in [-0.2, -0.15) is 0 Å². The molecule has 24 heavy (non-hydrogen) atoms. The molecule has 3 rings (SSSR count). The minimum absolute atomic E-state index is 0.545. The van der Waals surface area contributed by atoms with Crippen LogP contribution in [0.3, 0.4) is 0 Å². The molecule has 0 aliphatic heterocycles. The average Bonchev–Trinajstić information content (AvgIpc) is 2.64. The summed E-state index contributed by atoms with van der Waals surface area (Å²) in [5.74, 6) is 0.878. The smallest absolute Gasteiger partial charge is 0.283 e. The van der Waals surface area contributed by atoms with Gasteiger partial charge in [0.05, 0.1) is 13.7 Å². The van der Waals surface area contributed by atoms with Crippen LogP contribution in [0.1, 0.15) is 11.1 Å². The Balaban J connectivity index is 1.87. The van der Waals surface area contributed by atoms with Gasteiger partial charge in [0, 0.05) is 5.56 Å². The lowest BCUT2D eigenvalue weighted by Gasteiger charge is -2.17. The molecule has 121 valence electrons. The number of rotatable bonds is 6. The number of benzene rings is 3. The number of aryl methyl sites for hydroxylation is 1. The standard InChI is InChI=1S/C21H21O2Si/c1-17-13-14-21(22-2)18(15-17)16-23-24(19-9-5-3-6-10-19)20-11-7-4-8-12-20/h3-15H,16H2,1-2H3. The van der Waals surface area contributed by atoms with Crippen molar-refractivity contribution in [3.8, 4) is 5.75 Å². The zero-order valence-electron chi connectivity index (χ0n) is 14.0. The van der Waals surface area contributed by atoms with Gasteiger partial charge in [0.2, 0.25) is 0 Å². The molecule has 0 amide bonds. The van der Waals surface area contributed by atoms with Gasteiger partial charge in [-0.1, -0.05) is 78.4 Å². The van der Waals surface area contributed by atoms with E-state index in [1.807, 2.05) is 18.2 Å². The van der Waals surface area contributed by atoms with E-state index in [0.29, 0.717) is 6.61 Å². The molecule has 0 saturated heterocycles. The first-order valence-corrected chi connectivity index (χ1v) is 9.43. The average molecular weight is 333 g/mol. The Bertz CT molecular complexity index is 733. The Morgan fingerprint density at radius 1 is 0.792 bits per heavy atom. The molecule has 0 aliphatic rings. The molecule has 1 radical (unpaired) electrons. The van der Waals surface area contributed by atoms with Crippen molar-refractivity contribution >= 4 is 19.4 Å². The zero-order chi connectivity index (χ0) is 16.8. The maximum absolute atomic E-state index is 6.42. The second-order valence-electron chi connectivity index (χ2n) is 5.67. The van der Waals surface area contributed by atoms with Crippen LogP contribution in [0.2, 0.25) is 0 Å². The first-order chi connectivity index (χ1) is 11.8. The van der Waals surface area contributed by atoms with Crippen LogP contribution in [0.15, 0.2) is 78.9 Å². The fourth-order valence-electron chi connectivity index (χ4n) is 2.68. The Labute approximate surface area is 145 Å². The summed E-state index contributed by atoms with van der Waals surface area (Å²) >= 11 is 0. The summed E-state index contributed by atoms with van der Waals surface area (Å²) in [7, 11) is 0.413. The van der Waals surface area contributed by atoms with E-state index in [1.54, 1.807) is 7.11 Å². The van der Waals surface area contributed by atoms with Crippen LogP contribution < -0.4 is 15.1 Å². The first kappa shape index (κ1) is 16.5. The van der Waals surface area contributed by atoms with Gasteiger partial charge in [-0.3, -0.25) is 0 Å². The highest BCUT2D eigenvalue weighted by molar-refractivity contribution is 6.80. The molecule has 3 aromatic rings. The minimum Gasteiger partial charge on any atom is -0.496 e. The zero-order valence-corrected chi connectivity index (χ0v) is 15.0. The monoisotopic (exact) mass is 333 g/mol. The van der Waals surface area contributed by atoms with Crippen molar-refractivity contribution in [1.82, 2.24) is 0 Å². The fourth-order valence-corrected chi connectivity index (χ4v) is 4.64. The third-order valence-electron chi connectivity index (χ3n) is 3.88. The van der Waals surface area contributed by atoms with E-state index in [2.05, 4.69) is 67.6 Å². The molecule has 0 aromatic heterocycles. The highest BCUT2D eigenvalue weighted by Crippen LogP contribution is 2.20. The predicted molar refractivity (Wildman–Crippen MR) is 100 cm³/mol. The summed E-state index contributed by atoms with van der Waals surface area (Å²) in [5, 5.41) is 2.50. The molecule has 0 bridgehead atoms. The summed E-state index contributed by atoms with van der Waals surface area (Å²) in [6, 6.07) is 27.1. The van der Waals surface area contributed by atoms with Gasteiger partial charge in [0.25, 0.3) is 9.04 Å². The molecule has 0 unspecified atom stereocenters. The van der Waals surface area contributed by atoms with Gasteiger partial charge < -0.3 is 9.16 Å². The van der Waals surface area contributed by atoms with Gasteiger partial charge in [-0.05, 0) is 23.4 Å². The van der Waals surface area contributed by atoms with Crippen molar-refractivity contribution in [1.29, 1.82) is 0 Å². The molecule has 0 atom stereocenters. The van der Waals surface area contributed by atoms with E-state index < -0.39 is 9.04 Å². The fraction of sp³-hybridized carbons (Fsp3) is 0.143. The first-order valence-electron chi connectivity index (χ1n) is 8.02. The predicted octanol–water partition coefficient (Wildman–Crippen LogP) is 3.33. The van der Waals surface area contributed by atoms with Crippen molar-refractivity contribution in [2.45, 2.75) is 13.5 Å². The van der Waals surface area contributed by atoms with Crippen LogP contribution in [-0.2, 0) is 11.0 Å². The van der Waals surface area contributed by atoms with Crippen LogP contribution in [-0.4, -0.2) is 16.2 Å². The maximum Gasteiger partial charge on any atom is 0.283 e. The lowest BCUT2D eigenvalue weighted by atomic mass is 10.1. The van der Waals surface area contributed by atoms with Crippen molar-refractivity contribution in [3.63, 3.8) is 0 Å². The molecule has 2 nitrogen and oxygen atoms in total. The number of ether oxygens (including phenoxy) is 1. The van der Waals surface area contributed by atoms with Crippen molar-refractivity contribution in [2.75, 3.05) is 7.11 Å². The van der Waals surface area contributed by atoms with Gasteiger partial charge in [-0.15, -0.1) is 0 Å². The summed E-state index contributed by atoms with van der Waals surface area (Å²) < 4.78 is 11.9. The molecule has 0 aliphatic carbocycles. The SMILES string of the molecule is COc1ccc(C)cc1CO[Si](c1ccccc1)c1ccccc1. The summed E-state index contributed by atoms with van der Waals surface area (Å²) in [6.07, 6.45) is 0. The Kier molecular flexibility index (Phi) is 5.46. The Morgan fingerprint density at radius 2 is 1.38 bits per heavy atom. The second kappa shape index (κ2) is 7.95. The third-order valence-corrected chi connectivity index (χ3v) is 6.03. The topological polar surface area (TPSA) is 18.5 Å². The maximum atomic E-state index is 6.42. The highest BCUT2D eigenvalue weighted by Gasteiger charge is 2.19. The lowest BCUT2D eigenvalue weighted by Crippen LogP contribution is -2.44. The van der Waals surface area contributed by atoms with E-state index in [1.165, 1.54) is 15.9 Å². The summed E-state index contributed by atoms with van der Waals surface area (Å²) in [6.45, 7) is 2.63. The normalized spacial score (nSPS) is 10.8. The summed E-state index contributed by atoms with van der Waals surface area (Å²) in [4.78, 5) is 0. The van der Waals surface area contributed by atoms with Crippen LogP contribution >= 0.6 is 0 Å². The van der Waals surface area contributed by atoms with Crippen LogP contribution in [0, 0.1) is 6.92 Å². The van der Waals surface area contributed by atoms with E-state index in [-0.39, 0.29) is 0 Å². The van der Waals surface area contributed by atoms with Gasteiger partial charge in [-0.25, -0.2) is 0 Å². The molecule has 0 spiro atoms. The molecule has 0 saturated carbocycles. The largest absolute Gasteiger partial charge is 0.496 e. The molecule has 3 heteroatoms. The van der Waals surface area contributed by atoms with E-state index in [0.717, 1.165) is 11.3 Å². The van der Waals surface area contributed by atoms with Gasteiger partial charge in [0.15, 0.2) is 0 Å². The number of hydrogen-bond acceptors (Lipinski definition) is 2. The molecule has 0 fully saturated rings. The minimum atomic E-state index is -1.29. The van der Waals surface area contributed by atoms with Crippen molar-refractivity contribution < 1.29 is 9.16 Å². The lowest BCUT2D eigenvalue weighted by molar-refractivity contribution is 0.310. The molecular formula is C21H21O2Si. The quantitative estimate of drug-likeness (QED) is 0.644. The van der Waals surface area contributed by atoms with E-state index in [4.69, 9.17) is 9.16 Å². The second-order valence-corrected chi connectivity index (χ2v) is 7.77. The molecular weight excluding hydrogens is 312 g/mol. The van der Waals surface area contributed by atoms with E-state index in [9.17, 15) is 0 Å². The summed E-state index contributed by atoms with van der Waals surface area (Å²) in [5.41, 5.74) is 2.30. The molecule has 0 heterocycles. The molecule has 3 aromatic carbocycles. The Hall–Kier alpha value is -2.36. The number of methoxy groups -OCH3 is 1. The third kappa shape index (κ3) is 3.93. The highest BCUT2D eigenvalue weighted by atomic mass is 28.3. The number of hydrogen-bond donors (Lipinski definition) is 0. The van der Waals surface area contributed by atoms with Crippen molar-refractivity contribution in [3.05, 3.63) is 90.0 Å². The molecule has 0 N–H and O–H groups in total. The van der Waals surface area contributed by atoms with Crippen molar-refractivity contribution in [2.24, 2.45) is 0 Å². The van der Waals surface area contributed by atoms with E-state index >= 15 is 0 Å². The Morgan fingerprint density at radius 3 is 1.92 bits per heavy atom. The van der Waals surface area contributed by atoms with Gasteiger partial charge in [0.1, 0.15) is 5.75 Å². The van der Waals surface area contributed by atoms with Crippen LogP contribution in [0.4, 0.5) is 0 Å².